The number of esters is 1. The van der Waals surface area contributed by atoms with E-state index in [0.29, 0.717) is 11.5 Å². The Labute approximate surface area is 107 Å². The van der Waals surface area contributed by atoms with Crippen molar-refractivity contribution >= 4 is 5.97 Å². The molecule has 1 aliphatic rings. The number of carbonyl (C=O) groups excluding carboxylic acids is 1. The smallest absolute Gasteiger partial charge is 0.316 e. The second-order valence-electron chi connectivity index (χ2n) is 5.41. The van der Waals surface area contributed by atoms with Gasteiger partial charge in [-0.05, 0) is 39.8 Å². The van der Waals surface area contributed by atoms with Gasteiger partial charge in [-0.25, -0.2) is 0 Å². The largest absolute Gasteiger partial charge is 0.458 e. The minimum atomic E-state index is -0.545. The zero-order valence-electron chi connectivity index (χ0n) is 11.1. The first-order valence-electron chi connectivity index (χ1n) is 6.01. The third-order valence-corrected chi connectivity index (χ3v) is 2.56. The first-order valence-corrected chi connectivity index (χ1v) is 6.01. The molecule has 0 N–H and O–H groups in total. The lowest BCUT2D eigenvalue weighted by molar-refractivity contribution is -0.143. The molecule has 2 atom stereocenters. The average molecular weight is 250 g/mol. The van der Waals surface area contributed by atoms with Crippen LogP contribution in [0.1, 0.15) is 27.7 Å². The van der Waals surface area contributed by atoms with Crippen molar-refractivity contribution in [2.75, 3.05) is 0 Å². The van der Waals surface area contributed by atoms with Gasteiger partial charge in [-0.3, -0.25) is 4.79 Å². The Balaban J connectivity index is 2.10. The third kappa shape index (κ3) is 3.01. The van der Waals surface area contributed by atoms with E-state index in [9.17, 15) is 4.79 Å². The van der Waals surface area contributed by atoms with E-state index in [4.69, 9.17) is 14.2 Å². The normalized spacial score (nSPS) is 22.4. The van der Waals surface area contributed by atoms with E-state index in [1.54, 1.807) is 18.2 Å². The number of epoxide rings is 1. The fourth-order valence-electron chi connectivity index (χ4n) is 1.30. The van der Waals surface area contributed by atoms with Crippen LogP contribution < -0.4 is 9.47 Å². The number of hydrogen-bond acceptors (Lipinski definition) is 4. The molecule has 0 bridgehead atoms. The molecule has 0 aliphatic carbocycles. The highest BCUT2D eigenvalue weighted by atomic mass is 16.8. The highest BCUT2D eigenvalue weighted by Gasteiger charge is 2.37. The van der Waals surface area contributed by atoms with Crippen molar-refractivity contribution in [1.82, 2.24) is 0 Å². The lowest BCUT2D eigenvalue weighted by Gasteiger charge is -2.17. The molecule has 1 saturated heterocycles. The zero-order valence-corrected chi connectivity index (χ0v) is 11.1. The summed E-state index contributed by atoms with van der Waals surface area (Å²) in [5, 5.41) is 0. The Morgan fingerprint density at radius 3 is 2.28 bits per heavy atom. The van der Waals surface area contributed by atoms with E-state index >= 15 is 0 Å². The number of carbonyl (C=O) groups is 1. The van der Waals surface area contributed by atoms with Crippen molar-refractivity contribution in [3.05, 3.63) is 24.3 Å². The summed E-state index contributed by atoms with van der Waals surface area (Å²) in [4.78, 5) is 11.8. The second kappa shape index (κ2) is 4.61. The number of rotatable bonds is 3. The van der Waals surface area contributed by atoms with Crippen molar-refractivity contribution in [1.29, 1.82) is 0 Å². The van der Waals surface area contributed by atoms with E-state index in [1.165, 1.54) is 0 Å². The summed E-state index contributed by atoms with van der Waals surface area (Å²) >= 11 is 0. The van der Waals surface area contributed by atoms with Crippen molar-refractivity contribution in [3.63, 3.8) is 0 Å². The SMILES string of the molecule is CC1OC1Oc1ccccc1OC(=O)C(C)(C)C. The van der Waals surface area contributed by atoms with Gasteiger partial charge in [0.2, 0.25) is 6.29 Å². The van der Waals surface area contributed by atoms with Gasteiger partial charge in [0.15, 0.2) is 11.5 Å². The van der Waals surface area contributed by atoms with Gasteiger partial charge >= 0.3 is 5.97 Å². The minimum absolute atomic E-state index is 0.0939. The van der Waals surface area contributed by atoms with E-state index in [1.807, 2.05) is 33.8 Å². The van der Waals surface area contributed by atoms with E-state index in [0.717, 1.165) is 0 Å². The summed E-state index contributed by atoms with van der Waals surface area (Å²) in [6, 6.07) is 7.11. The molecule has 0 saturated carbocycles. The van der Waals surface area contributed by atoms with Crippen LogP contribution in [-0.2, 0) is 9.53 Å². The molecule has 4 heteroatoms. The maximum absolute atomic E-state index is 11.8. The Kier molecular flexibility index (Phi) is 3.30. The number of ether oxygens (including phenoxy) is 3. The lowest BCUT2D eigenvalue weighted by atomic mass is 9.97. The van der Waals surface area contributed by atoms with Crippen LogP contribution >= 0.6 is 0 Å². The van der Waals surface area contributed by atoms with Gasteiger partial charge in [-0.15, -0.1) is 0 Å². The number of hydrogen-bond donors (Lipinski definition) is 0. The van der Waals surface area contributed by atoms with Crippen molar-refractivity contribution in [2.45, 2.75) is 40.1 Å². The maximum Gasteiger partial charge on any atom is 0.316 e. The van der Waals surface area contributed by atoms with E-state index in [2.05, 4.69) is 0 Å². The highest BCUT2D eigenvalue weighted by molar-refractivity contribution is 5.78. The molecule has 0 spiro atoms. The maximum atomic E-state index is 11.8. The van der Waals surface area contributed by atoms with Crippen LogP contribution in [0.15, 0.2) is 24.3 Å². The number of benzene rings is 1. The van der Waals surface area contributed by atoms with Crippen LogP contribution in [0, 0.1) is 5.41 Å². The molecule has 0 radical (unpaired) electrons. The number of para-hydroxylation sites is 2. The molecule has 4 nitrogen and oxygen atoms in total. The molecule has 0 aromatic heterocycles. The van der Waals surface area contributed by atoms with Gasteiger partial charge in [-0.2, -0.15) is 0 Å². The molecular formula is C14H18O4. The van der Waals surface area contributed by atoms with E-state index < -0.39 is 5.41 Å². The molecule has 1 heterocycles. The topological polar surface area (TPSA) is 48.1 Å². The predicted octanol–water partition coefficient (Wildman–Crippen LogP) is 2.76. The van der Waals surface area contributed by atoms with E-state index in [-0.39, 0.29) is 18.4 Å². The fraction of sp³-hybridized carbons (Fsp3) is 0.500. The van der Waals surface area contributed by atoms with Crippen LogP contribution in [0.5, 0.6) is 11.5 Å². The Bertz CT molecular complexity index is 447. The summed E-state index contributed by atoms with van der Waals surface area (Å²) in [6.45, 7) is 7.36. The Morgan fingerprint density at radius 1 is 1.22 bits per heavy atom. The van der Waals surface area contributed by atoms with Crippen LogP contribution in [-0.4, -0.2) is 18.4 Å². The molecule has 2 rings (SSSR count). The average Bonchev–Trinajstić information content (AvgIpc) is 2.96. The molecule has 18 heavy (non-hydrogen) atoms. The molecule has 0 amide bonds. The molecule has 1 aromatic rings. The van der Waals surface area contributed by atoms with Crippen molar-refractivity contribution in [3.8, 4) is 11.5 Å². The van der Waals surface area contributed by atoms with Gasteiger partial charge in [0.1, 0.15) is 6.10 Å². The quantitative estimate of drug-likeness (QED) is 0.470. The van der Waals surface area contributed by atoms with Gasteiger partial charge in [0, 0.05) is 0 Å². The first-order chi connectivity index (χ1) is 8.38. The van der Waals surface area contributed by atoms with Crippen LogP contribution in [0.2, 0.25) is 0 Å². The minimum Gasteiger partial charge on any atom is -0.458 e. The molecule has 1 fully saturated rings. The third-order valence-electron chi connectivity index (χ3n) is 2.56. The summed E-state index contributed by atoms with van der Waals surface area (Å²) in [5.74, 6) is 0.674. The predicted molar refractivity (Wildman–Crippen MR) is 66.5 cm³/mol. The molecule has 1 aliphatic heterocycles. The van der Waals surface area contributed by atoms with Gasteiger partial charge in [0.25, 0.3) is 0 Å². The molecule has 2 unspecified atom stereocenters. The summed E-state index contributed by atoms with van der Waals surface area (Å²) in [7, 11) is 0. The van der Waals surface area contributed by atoms with Crippen LogP contribution in [0.25, 0.3) is 0 Å². The first kappa shape index (κ1) is 12.9. The Morgan fingerprint density at radius 2 is 1.78 bits per heavy atom. The van der Waals surface area contributed by atoms with Crippen LogP contribution in [0.3, 0.4) is 0 Å². The summed E-state index contributed by atoms with van der Waals surface area (Å²) in [5.41, 5.74) is -0.545. The van der Waals surface area contributed by atoms with Crippen molar-refractivity contribution in [2.24, 2.45) is 5.41 Å². The van der Waals surface area contributed by atoms with Gasteiger partial charge in [-0.1, -0.05) is 12.1 Å². The molecular weight excluding hydrogens is 232 g/mol. The fourth-order valence-corrected chi connectivity index (χ4v) is 1.30. The van der Waals surface area contributed by atoms with Crippen molar-refractivity contribution < 1.29 is 19.0 Å². The second-order valence-corrected chi connectivity index (χ2v) is 5.41. The summed E-state index contributed by atoms with van der Waals surface area (Å²) < 4.78 is 16.1. The molecule has 98 valence electrons. The van der Waals surface area contributed by atoms with Crippen LogP contribution in [0.4, 0.5) is 0 Å². The Hall–Kier alpha value is -1.55. The lowest BCUT2D eigenvalue weighted by Crippen LogP contribution is -2.25. The van der Waals surface area contributed by atoms with Gasteiger partial charge < -0.3 is 14.2 Å². The highest BCUT2D eigenvalue weighted by Crippen LogP contribution is 2.33. The summed E-state index contributed by atoms with van der Waals surface area (Å²) in [6.07, 6.45) is -0.143. The molecule has 1 aromatic carbocycles. The monoisotopic (exact) mass is 250 g/mol. The standard InChI is InChI=1S/C14H18O4/c1-9-12(16-9)17-10-7-5-6-8-11(10)18-13(15)14(2,3)4/h5-9,12H,1-4H3. The van der Waals surface area contributed by atoms with Gasteiger partial charge in [0.05, 0.1) is 5.41 Å². The zero-order chi connectivity index (χ0) is 13.3.